The van der Waals surface area contributed by atoms with E-state index in [1.165, 1.54) is 6.20 Å². The fourth-order valence-corrected chi connectivity index (χ4v) is 1.37. The van der Waals surface area contributed by atoms with Crippen molar-refractivity contribution in [3.8, 4) is 0 Å². The van der Waals surface area contributed by atoms with Crippen molar-refractivity contribution in [2.24, 2.45) is 10.9 Å². The van der Waals surface area contributed by atoms with E-state index in [4.69, 9.17) is 10.9 Å². The molecule has 0 spiro atoms. The second-order valence-electron chi connectivity index (χ2n) is 2.74. The van der Waals surface area contributed by atoms with Gasteiger partial charge < -0.3 is 16.3 Å². The fourth-order valence-electron chi connectivity index (χ4n) is 0.951. The third-order valence-electron chi connectivity index (χ3n) is 1.77. The summed E-state index contributed by atoms with van der Waals surface area (Å²) < 4.78 is 3.56. The van der Waals surface area contributed by atoms with E-state index in [0.717, 1.165) is 11.5 Å². The molecule has 1 heterocycles. The lowest BCUT2D eigenvalue weighted by Gasteiger charge is -2.13. The highest BCUT2D eigenvalue weighted by Gasteiger charge is 2.17. The summed E-state index contributed by atoms with van der Waals surface area (Å²) in [7, 11) is 0. The Labute approximate surface area is 90.1 Å². The summed E-state index contributed by atoms with van der Waals surface area (Å²) in [6.07, 6.45) is 1.90. The van der Waals surface area contributed by atoms with Gasteiger partial charge in [0.15, 0.2) is 5.84 Å². The number of nitrogens with one attached hydrogen (secondary N) is 1. The molecule has 0 saturated heterocycles. The Kier molecular flexibility index (Phi) is 3.98. The number of carbonyl (C=O) groups is 1. The van der Waals surface area contributed by atoms with Gasteiger partial charge in [0.1, 0.15) is 4.88 Å². The quantitative estimate of drug-likeness (QED) is 0.286. The summed E-state index contributed by atoms with van der Waals surface area (Å²) >= 11 is 0.986. The molecule has 8 heteroatoms. The topological polar surface area (TPSA) is 113 Å². The first-order chi connectivity index (χ1) is 7.19. The first kappa shape index (κ1) is 11.4. The molecule has 0 saturated carbocycles. The molecule has 0 fully saturated rings. The van der Waals surface area contributed by atoms with E-state index in [0.29, 0.717) is 11.3 Å². The number of rotatable bonds is 4. The van der Waals surface area contributed by atoms with Crippen LogP contribution in [0.15, 0.2) is 11.4 Å². The predicted molar refractivity (Wildman–Crippen MR) is 54.9 cm³/mol. The molecule has 0 aliphatic rings. The molecule has 1 atom stereocenters. The monoisotopic (exact) mass is 229 g/mol. The van der Waals surface area contributed by atoms with Crippen molar-refractivity contribution < 1.29 is 10.0 Å². The van der Waals surface area contributed by atoms with Crippen LogP contribution in [-0.4, -0.2) is 32.6 Å². The van der Waals surface area contributed by atoms with Crippen LogP contribution >= 0.6 is 11.5 Å². The number of amidine groups is 1. The molecule has 1 rings (SSSR count). The second kappa shape index (κ2) is 5.25. The molecule has 0 aromatic carbocycles. The van der Waals surface area contributed by atoms with E-state index in [-0.39, 0.29) is 11.7 Å². The number of hydrogen-bond acceptors (Lipinski definition) is 6. The number of nitrogens with zero attached hydrogens (tertiary/aromatic N) is 3. The number of aromatic nitrogens is 2. The molecule has 0 bridgehead atoms. The molecule has 0 aliphatic heterocycles. The van der Waals surface area contributed by atoms with Crippen LogP contribution in [0.5, 0.6) is 0 Å². The van der Waals surface area contributed by atoms with Gasteiger partial charge in [-0.15, -0.1) is 5.10 Å². The Morgan fingerprint density at radius 3 is 3.07 bits per heavy atom. The summed E-state index contributed by atoms with van der Waals surface area (Å²) in [5, 5.41) is 17.4. The summed E-state index contributed by atoms with van der Waals surface area (Å²) in [4.78, 5) is 11.9. The van der Waals surface area contributed by atoms with Crippen molar-refractivity contribution in [2.45, 2.75) is 19.4 Å². The number of carbonyl (C=O) groups excluding carboxylic acids is 1. The fraction of sp³-hybridized carbons (Fsp3) is 0.429. The lowest BCUT2D eigenvalue weighted by molar-refractivity contribution is 0.0949. The van der Waals surface area contributed by atoms with E-state index in [1.807, 2.05) is 6.92 Å². The number of oxime groups is 1. The summed E-state index contributed by atoms with van der Waals surface area (Å²) in [6, 6.07) is -0.482. The van der Waals surface area contributed by atoms with Gasteiger partial charge in [0.2, 0.25) is 0 Å². The van der Waals surface area contributed by atoms with E-state index < -0.39 is 6.04 Å². The van der Waals surface area contributed by atoms with Gasteiger partial charge in [-0.1, -0.05) is 16.6 Å². The zero-order valence-electron chi connectivity index (χ0n) is 8.04. The zero-order valence-corrected chi connectivity index (χ0v) is 8.86. The van der Waals surface area contributed by atoms with Gasteiger partial charge in [-0.2, -0.15) is 0 Å². The molecule has 1 amide bonds. The van der Waals surface area contributed by atoms with Crippen LogP contribution in [0.4, 0.5) is 0 Å². The van der Waals surface area contributed by atoms with Gasteiger partial charge in [0.05, 0.1) is 12.2 Å². The van der Waals surface area contributed by atoms with Crippen molar-refractivity contribution in [2.75, 3.05) is 0 Å². The first-order valence-electron chi connectivity index (χ1n) is 4.24. The van der Waals surface area contributed by atoms with Gasteiger partial charge in [0.25, 0.3) is 5.91 Å². The minimum absolute atomic E-state index is 0.0247. The summed E-state index contributed by atoms with van der Waals surface area (Å²) in [5.74, 6) is -0.355. The van der Waals surface area contributed by atoms with Crippen molar-refractivity contribution in [1.29, 1.82) is 0 Å². The summed E-state index contributed by atoms with van der Waals surface area (Å²) in [5.41, 5.74) is 5.39. The maximum atomic E-state index is 11.5. The Morgan fingerprint density at radius 2 is 2.60 bits per heavy atom. The van der Waals surface area contributed by atoms with E-state index >= 15 is 0 Å². The van der Waals surface area contributed by atoms with Gasteiger partial charge in [-0.05, 0) is 18.0 Å². The van der Waals surface area contributed by atoms with Gasteiger partial charge in [-0.25, -0.2) is 0 Å². The van der Waals surface area contributed by atoms with Crippen LogP contribution in [0.1, 0.15) is 23.0 Å². The Bertz CT molecular complexity index is 350. The number of amides is 1. The van der Waals surface area contributed by atoms with E-state index in [1.54, 1.807) is 0 Å². The molecule has 4 N–H and O–H groups in total. The number of hydrogen-bond donors (Lipinski definition) is 3. The van der Waals surface area contributed by atoms with Crippen molar-refractivity contribution in [1.82, 2.24) is 14.9 Å². The Hall–Kier alpha value is -1.70. The largest absolute Gasteiger partial charge is 0.409 e. The maximum absolute atomic E-state index is 11.5. The average molecular weight is 229 g/mol. The van der Waals surface area contributed by atoms with Crippen LogP contribution < -0.4 is 11.1 Å². The predicted octanol–water partition coefficient (Wildman–Crippen LogP) is -0.207. The summed E-state index contributed by atoms with van der Waals surface area (Å²) in [6.45, 7) is 1.81. The van der Waals surface area contributed by atoms with Crippen molar-refractivity contribution >= 4 is 23.3 Å². The highest BCUT2D eigenvalue weighted by molar-refractivity contribution is 7.07. The Morgan fingerprint density at radius 1 is 1.87 bits per heavy atom. The smallest absolute Gasteiger partial charge is 0.265 e. The van der Waals surface area contributed by atoms with E-state index in [2.05, 4.69) is 20.1 Å². The second-order valence-corrected chi connectivity index (χ2v) is 3.53. The zero-order chi connectivity index (χ0) is 11.3. The van der Waals surface area contributed by atoms with Crippen molar-refractivity contribution in [3.05, 3.63) is 11.1 Å². The molecule has 1 aromatic rings. The van der Waals surface area contributed by atoms with Crippen molar-refractivity contribution in [3.63, 3.8) is 0 Å². The molecular weight excluding hydrogens is 218 g/mol. The molecule has 1 aromatic heterocycles. The highest BCUT2D eigenvalue weighted by atomic mass is 32.1. The first-order valence-corrected chi connectivity index (χ1v) is 5.02. The highest BCUT2D eigenvalue weighted by Crippen LogP contribution is 2.02. The molecule has 0 aliphatic carbocycles. The Balaban J connectivity index is 2.64. The van der Waals surface area contributed by atoms with Gasteiger partial charge in [-0.3, -0.25) is 4.79 Å². The normalized spacial score (nSPS) is 13.5. The minimum atomic E-state index is -0.482. The SMILES string of the molecule is CCC(NC(=O)c1cnns1)C(N)=NO. The van der Waals surface area contributed by atoms with Crippen LogP contribution in [-0.2, 0) is 0 Å². The third kappa shape index (κ3) is 2.88. The molecular formula is C7H11N5O2S. The van der Waals surface area contributed by atoms with Crippen LogP contribution in [0.3, 0.4) is 0 Å². The molecule has 82 valence electrons. The average Bonchev–Trinajstić information content (AvgIpc) is 2.77. The lowest BCUT2D eigenvalue weighted by Crippen LogP contribution is -2.43. The van der Waals surface area contributed by atoms with Crippen LogP contribution in [0, 0.1) is 0 Å². The lowest BCUT2D eigenvalue weighted by atomic mass is 10.2. The molecule has 15 heavy (non-hydrogen) atoms. The number of nitrogens with two attached hydrogens (primary N) is 1. The molecule has 0 radical (unpaired) electrons. The molecule has 1 unspecified atom stereocenters. The third-order valence-corrected chi connectivity index (χ3v) is 2.43. The molecule has 7 nitrogen and oxygen atoms in total. The maximum Gasteiger partial charge on any atom is 0.265 e. The van der Waals surface area contributed by atoms with Crippen LogP contribution in [0.25, 0.3) is 0 Å². The van der Waals surface area contributed by atoms with E-state index in [9.17, 15) is 4.79 Å². The van der Waals surface area contributed by atoms with Crippen LogP contribution in [0.2, 0.25) is 0 Å². The standard InChI is InChI=1S/C7H11N5O2S/c1-2-4(6(8)11-14)10-7(13)5-3-9-12-15-5/h3-4,14H,2H2,1H3,(H2,8,11)(H,10,13). The van der Waals surface area contributed by atoms with Gasteiger partial charge >= 0.3 is 0 Å². The van der Waals surface area contributed by atoms with Gasteiger partial charge in [0, 0.05) is 0 Å². The minimum Gasteiger partial charge on any atom is -0.409 e.